The molecule has 0 aromatic carbocycles. The van der Waals surface area contributed by atoms with E-state index >= 15 is 0 Å². The molecule has 2 atom stereocenters. The Kier molecular flexibility index (Phi) is 5.57. The summed E-state index contributed by atoms with van der Waals surface area (Å²) in [5.74, 6) is -5.90. The third-order valence-corrected chi connectivity index (χ3v) is 3.87. The Balaban J connectivity index is 2.64. The molecule has 9 heteroatoms. The highest BCUT2D eigenvalue weighted by Gasteiger charge is 2.61. The molecule has 0 bridgehead atoms. The second kappa shape index (κ2) is 6.41. The number of amides is 1. The van der Waals surface area contributed by atoms with E-state index in [1.807, 2.05) is 0 Å². The molecule has 1 N–H and O–H groups in total. The summed E-state index contributed by atoms with van der Waals surface area (Å²) in [6.45, 7) is -0.209. The highest BCUT2D eigenvalue weighted by atomic mass is 35.5. The number of alkyl halides is 7. The maximum absolute atomic E-state index is 12.3. The van der Waals surface area contributed by atoms with Crippen molar-refractivity contribution in [1.29, 1.82) is 0 Å². The lowest BCUT2D eigenvalue weighted by molar-refractivity contribution is -0.274. The number of hydrogen-bond acceptors (Lipinski definition) is 1. The lowest BCUT2D eigenvalue weighted by atomic mass is 9.97. The van der Waals surface area contributed by atoms with Gasteiger partial charge in [-0.3, -0.25) is 4.79 Å². The summed E-state index contributed by atoms with van der Waals surface area (Å²) in [6.07, 6.45) is -9.08. The van der Waals surface area contributed by atoms with Gasteiger partial charge < -0.3 is 5.32 Å². The first kappa shape index (κ1) is 17.4. The van der Waals surface area contributed by atoms with E-state index in [1.54, 1.807) is 5.32 Å². The minimum absolute atomic E-state index is 0.0205. The fraction of sp³-hybridized carbons (Fsp3) is 0.909. The quantitative estimate of drug-likeness (QED) is 0.622. The van der Waals surface area contributed by atoms with Crippen LogP contribution in [0.5, 0.6) is 0 Å². The summed E-state index contributed by atoms with van der Waals surface area (Å²) in [6, 6.07) is 0. The van der Waals surface area contributed by atoms with Crippen LogP contribution in [-0.2, 0) is 4.79 Å². The zero-order valence-electron chi connectivity index (χ0n) is 10.3. The van der Waals surface area contributed by atoms with Crippen molar-refractivity contribution >= 4 is 17.5 Å². The summed E-state index contributed by atoms with van der Waals surface area (Å²) < 4.78 is 73.8. The van der Waals surface area contributed by atoms with Gasteiger partial charge in [0.05, 0.1) is 0 Å². The summed E-state index contributed by atoms with van der Waals surface area (Å²) in [5, 5.41) is 1.76. The number of carbonyl (C=O) groups is 1. The van der Waals surface area contributed by atoms with Crippen LogP contribution in [0, 0.1) is 17.8 Å². The summed E-state index contributed by atoms with van der Waals surface area (Å²) in [5.41, 5.74) is 0. The van der Waals surface area contributed by atoms with Crippen LogP contribution in [0.25, 0.3) is 0 Å². The van der Waals surface area contributed by atoms with Gasteiger partial charge in [-0.1, -0.05) is 6.42 Å². The van der Waals surface area contributed by atoms with Crippen molar-refractivity contribution in [2.75, 3.05) is 12.4 Å². The zero-order valence-corrected chi connectivity index (χ0v) is 11.1. The highest BCUT2D eigenvalue weighted by molar-refractivity contribution is 6.18. The molecule has 2 nitrogen and oxygen atoms in total. The predicted molar refractivity (Wildman–Crippen MR) is 60.2 cm³/mol. The van der Waals surface area contributed by atoms with Crippen molar-refractivity contribution in [2.45, 2.75) is 31.6 Å². The molecule has 1 amide bonds. The number of halogens is 7. The Hall–Kier alpha value is -0.660. The lowest BCUT2D eigenvalue weighted by Crippen LogP contribution is -2.49. The van der Waals surface area contributed by atoms with Crippen LogP contribution in [0.2, 0.25) is 0 Å². The summed E-state index contributed by atoms with van der Waals surface area (Å²) >= 11 is 5.65. The van der Waals surface area contributed by atoms with Crippen molar-refractivity contribution in [3.8, 4) is 0 Å². The van der Waals surface area contributed by atoms with Gasteiger partial charge in [0.1, 0.15) is 0 Å². The second-order valence-corrected chi connectivity index (χ2v) is 5.18. The minimum atomic E-state index is -5.65. The fourth-order valence-electron chi connectivity index (χ4n) is 2.40. The van der Waals surface area contributed by atoms with Crippen LogP contribution < -0.4 is 5.32 Å². The van der Waals surface area contributed by atoms with Crippen LogP contribution >= 0.6 is 11.6 Å². The smallest absolute Gasteiger partial charge is 0.355 e. The van der Waals surface area contributed by atoms with Gasteiger partial charge in [0, 0.05) is 12.4 Å². The largest absolute Gasteiger partial charge is 0.409 e. The van der Waals surface area contributed by atoms with E-state index in [0.29, 0.717) is 6.42 Å². The van der Waals surface area contributed by atoms with Crippen LogP contribution in [0.3, 0.4) is 0 Å². The molecule has 1 aliphatic rings. The Morgan fingerprint density at radius 3 is 2.05 bits per heavy atom. The molecule has 0 saturated heterocycles. The predicted octanol–water partition coefficient (Wildman–Crippen LogP) is 3.50. The first-order valence-corrected chi connectivity index (χ1v) is 6.58. The molecule has 2 unspecified atom stereocenters. The molecule has 1 saturated carbocycles. The van der Waals surface area contributed by atoms with Gasteiger partial charge >= 0.3 is 12.4 Å². The molecule has 1 aliphatic carbocycles. The number of carbonyl (C=O) groups excluding carboxylic acids is 1. The van der Waals surface area contributed by atoms with Crippen LogP contribution in [0.15, 0.2) is 0 Å². The maximum Gasteiger partial charge on any atom is 0.409 e. The molecule has 0 aromatic heterocycles. The van der Waals surface area contributed by atoms with Crippen molar-refractivity contribution < 1.29 is 31.1 Å². The van der Waals surface area contributed by atoms with E-state index < -0.39 is 24.2 Å². The van der Waals surface area contributed by atoms with Crippen LogP contribution in [0.1, 0.15) is 19.3 Å². The van der Waals surface area contributed by atoms with E-state index in [2.05, 4.69) is 0 Å². The van der Waals surface area contributed by atoms with Crippen molar-refractivity contribution in [3.05, 3.63) is 0 Å². The third-order valence-electron chi connectivity index (χ3n) is 3.47. The molecule has 0 aliphatic heterocycles. The van der Waals surface area contributed by atoms with Gasteiger partial charge in [-0.15, -0.1) is 11.6 Å². The summed E-state index contributed by atoms with van der Waals surface area (Å²) in [7, 11) is 0. The number of rotatable bonds is 4. The SMILES string of the molecule is O=C(NCC1CCCC1CCl)C(C(F)(F)F)C(F)(F)F. The molecule has 0 radical (unpaired) electrons. The van der Waals surface area contributed by atoms with E-state index in [1.165, 1.54) is 0 Å². The maximum atomic E-state index is 12.3. The molecule has 0 heterocycles. The molecule has 0 spiro atoms. The molecular formula is C11H14ClF6NO. The molecule has 1 fully saturated rings. The number of nitrogens with one attached hydrogen (secondary N) is 1. The second-order valence-electron chi connectivity index (χ2n) is 4.87. The first-order chi connectivity index (χ1) is 9.07. The van der Waals surface area contributed by atoms with Gasteiger partial charge in [-0.05, 0) is 24.7 Å². The Morgan fingerprint density at radius 2 is 1.60 bits per heavy atom. The highest BCUT2D eigenvalue weighted by Crippen LogP contribution is 2.39. The van der Waals surface area contributed by atoms with Crippen molar-refractivity contribution in [3.63, 3.8) is 0 Å². The van der Waals surface area contributed by atoms with Gasteiger partial charge in [0.2, 0.25) is 11.8 Å². The molecule has 1 rings (SSSR count). The van der Waals surface area contributed by atoms with Crippen LogP contribution in [-0.4, -0.2) is 30.7 Å². The normalized spacial score (nSPS) is 24.2. The average molecular weight is 326 g/mol. The summed E-state index contributed by atoms with van der Waals surface area (Å²) in [4.78, 5) is 11.2. The van der Waals surface area contributed by atoms with Gasteiger partial charge in [0.25, 0.3) is 0 Å². The Morgan fingerprint density at radius 1 is 1.10 bits per heavy atom. The average Bonchev–Trinajstić information content (AvgIpc) is 2.69. The van der Waals surface area contributed by atoms with Crippen LogP contribution in [0.4, 0.5) is 26.3 Å². The molecular weight excluding hydrogens is 312 g/mol. The Bertz CT molecular complexity index is 329. The lowest BCUT2D eigenvalue weighted by Gasteiger charge is -2.24. The fourth-order valence-corrected chi connectivity index (χ4v) is 2.81. The van der Waals surface area contributed by atoms with E-state index in [9.17, 15) is 31.1 Å². The topological polar surface area (TPSA) is 29.1 Å². The van der Waals surface area contributed by atoms with Crippen molar-refractivity contribution in [1.82, 2.24) is 5.32 Å². The monoisotopic (exact) mass is 325 g/mol. The first-order valence-electron chi connectivity index (χ1n) is 6.04. The molecule has 118 valence electrons. The zero-order chi connectivity index (χ0) is 15.6. The third kappa shape index (κ3) is 4.43. The standard InChI is InChI=1S/C11H14ClF6NO/c12-4-6-2-1-3-7(6)5-19-9(20)8(10(13,14)15)11(16,17)18/h6-8H,1-5H2,(H,19,20). The Labute approximate surface area is 116 Å². The van der Waals surface area contributed by atoms with Gasteiger partial charge in [-0.25, -0.2) is 0 Å². The molecule has 20 heavy (non-hydrogen) atoms. The van der Waals surface area contributed by atoms with Crippen molar-refractivity contribution in [2.24, 2.45) is 17.8 Å². The molecule has 0 aromatic rings. The number of hydrogen-bond donors (Lipinski definition) is 1. The van der Waals surface area contributed by atoms with E-state index in [4.69, 9.17) is 11.6 Å². The van der Waals surface area contributed by atoms with E-state index in [-0.39, 0.29) is 24.3 Å². The minimum Gasteiger partial charge on any atom is -0.355 e. The van der Waals surface area contributed by atoms with E-state index in [0.717, 1.165) is 12.8 Å². The van der Waals surface area contributed by atoms with Gasteiger partial charge in [0.15, 0.2) is 0 Å². The van der Waals surface area contributed by atoms with Gasteiger partial charge in [-0.2, -0.15) is 26.3 Å².